The number of carboxylic acid groups (broad SMARTS) is 1. The summed E-state index contributed by atoms with van der Waals surface area (Å²) >= 11 is 0. The van der Waals surface area contributed by atoms with Crippen molar-refractivity contribution in [1.82, 2.24) is 14.7 Å². The number of nitrogens with two attached hydrogens (primary N) is 1. The predicted molar refractivity (Wildman–Crippen MR) is 337 cm³/mol. The molecule has 4 saturated heterocycles. The van der Waals surface area contributed by atoms with Crippen LogP contribution in [0, 0.1) is 20.2 Å². The first-order chi connectivity index (χ1) is 44.6. The molecule has 4 fully saturated rings. The van der Waals surface area contributed by atoms with Crippen LogP contribution in [0.15, 0.2) is 133 Å². The number of piperazine rings is 2. The number of alkyl halides is 6. The number of nitrogens with one attached hydrogen (secondary N) is 2. The SMILES string of the molecule is COc1cc(NC2CCN(C(=O)CCN3CCN(c4ccc(OCc5ccc(C(F)(F)F)cc5)cc4)CC3)CC2)ccc1[N+](=O)[O-].COc1cc(NC2CC[NH2+]CC2)ccc1[N+](=O)[O-].O=C([O-])CCN1CCN(c2ccc(OCc3ccc(C(F)(F)F)cc3)cc2)CC1.[Cl-].[Li+]. The van der Waals surface area contributed by atoms with Crippen LogP contribution in [0.5, 0.6) is 23.0 Å². The Labute approximate surface area is 565 Å². The number of hydrogen-bond donors (Lipinski definition) is 3. The maximum atomic E-state index is 12.9. The number of carbonyl (C=O) groups excluding carboxylic acids is 2. The monoisotopic (exact) mass is 1340 g/mol. The van der Waals surface area contributed by atoms with E-state index in [1.165, 1.54) is 50.6 Å². The van der Waals surface area contributed by atoms with Crippen LogP contribution in [-0.4, -0.2) is 154 Å². The minimum Gasteiger partial charge on any atom is -1.00 e. The van der Waals surface area contributed by atoms with Gasteiger partial charge in [-0.2, -0.15) is 26.3 Å². The van der Waals surface area contributed by atoms with Gasteiger partial charge in [0.2, 0.25) is 5.91 Å². The van der Waals surface area contributed by atoms with Gasteiger partial charge in [-0.15, -0.1) is 0 Å². The summed E-state index contributed by atoms with van der Waals surface area (Å²) in [6, 6.07) is 35.4. The number of aliphatic carboxylic acids is 1. The largest absolute Gasteiger partial charge is 1.00 e. The predicted octanol–water partition coefficient (Wildman–Crippen LogP) is 3.11. The molecule has 508 valence electrons. The van der Waals surface area contributed by atoms with Gasteiger partial charge in [0, 0.05) is 163 Å². The molecule has 0 aliphatic carbocycles. The zero-order chi connectivity index (χ0) is 66.5. The number of nitro benzene ring substituents is 2. The van der Waals surface area contributed by atoms with Crippen molar-refractivity contribution in [3.05, 3.63) is 176 Å². The van der Waals surface area contributed by atoms with Crippen LogP contribution in [0.3, 0.4) is 0 Å². The van der Waals surface area contributed by atoms with E-state index in [0.29, 0.717) is 67.0 Å². The Bertz CT molecular complexity index is 3370. The zero-order valence-corrected chi connectivity index (χ0v) is 54.0. The van der Waals surface area contributed by atoms with E-state index in [2.05, 4.69) is 35.6 Å². The van der Waals surface area contributed by atoms with E-state index in [-0.39, 0.29) is 80.0 Å². The third kappa shape index (κ3) is 23.6. The van der Waals surface area contributed by atoms with Crippen LogP contribution in [0.1, 0.15) is 60.8 Å². The number of nitrogens with zero attached hydrogens (tertiary/aromatic N) is 7. The molecule has 0 bridgehead atoms. The van der Waals surface area contributed by atoms with Crippen molar-refractivity contribution in [2.24, 2.45) is 0 Å². The number of carbonyl (C=O) groups is 2. The van der Waals surface area contributed by atoms with Gasteiger partial charge in [0.25, 0.3) is 0 Å². The Morgan fingerprint density at radius 2 is 0.916 bits per heavy atom. The summed E-state index contributed by atoms with van der Waals surface area (Å²) in [7, 11) is 2.86. The van der Waals surface area contributed by atoms with Crippen LogP contribution >= 0.6 is 0 Å². The molecule has 0 atom stereocenters. The molecule has 4 heterocycles. The number of halogens is 7. The summed E-state index contributed by atoms with van der Waals surface area (Å²) in [5.41, 5.74) is 3.65. The molecule has 4 aliphatic rings. The van der Waals surface area contributed by atoms with Crippen molar-refractivity contribution < 1.29 is 106 Å². The first-order valence-electron chi connectivity index (χ1n) is 30.8. The molecule has 0 spiro atoms. The second-order valence-corrected chi connectivity index (χ2v) is 22.9. The number of likely N-dealkylation sites (tertiary alicyclic amines) is 1. The Morgan fingerprint density at radius 3 is 1.27 bits per heavy atom. The number of benzene rings is 6. The van der Waals surface area contributed by atoms with Crippen LogP contribution in [-0.2, 0) is 35.2 Å². The van der Waals surface area contributed by atoms with Gasteiger partial charge in [0.1, 0.15) is 24.7 Å². The van der Waals surface area contributed by atoms with Crippen molar-refractivity contribution >= 4 is 46.0 Å². The minimum absolute atomic E-state index is 0. The summed E-state index contributed by atoms with van der Waals surface area (Å²) in [6.07, 6.45) is -4.36. The third-order valence-corrected chi connectivity index (χ3v) is 16.6. The Balaban J connectivity index is 0.000000248. The van der Waals surface area contributed by atoms with Gasteiger partial charge in [-0.05, 0) is 115 Å². The van der Waals surface area contributed by atoms with E-state index >= 15 is 0 Å². The first kappa shape index (κ1) is 75.8. The second-order valence-electron chi connectivity index (χ2n) is 22.9. The van der Waals surface area contributed by atoms with Gasteiger partial charge in [-0.3, -0.25) is 34.8 Å². The third-order valence-electron chi connectivity index (χ3n) is 16.6. The van der Waals surface area contributed by atoms with E-state index in [4.69, 9.17) is 18.9 Å². The number of anilines is 4. The molecule has 6 aromatic carbocycles. The Kier molecular flexibility index (Phi) is 29.2. The average molecular weight is 1340 g/mol. The molecule has 6 aromatic rings. The molecule has 21 nitrogen and oxygen atoms in total. The van der Waals surface area contributed by atoms with Gasteiger partial charge in [0.15, 0.2) is 11.5 Å². The number of methoxy groups -OCH3 is 2. The number of carboxylic acids is 1. The zero-order valence-electron chi connectivity index (χ0n) is 53.3. The van der Waals surface area contributed by atoms with E-state index < -0.39 is 39.3 Å². The summed E-state index contributed by atoms with van der Waals surface area (Å²) < 4.78 is 97.7. The molecule has 95 heavy (non-hydrogen) atoms. The molecule has 0 saturated carbocycles. The van der Waals surface area contributed by atoms with E-state index in [0.717, 1.165) is 138 Å². The van der Waals surface area contributed by atoms with Crippen LogP contribution in [0.2, 0.25) is 0 Å². The fourth-order valence-corrected chi connectivity index (χ4v) is 11.2. The standard InChI is InChI=1S/C33H38F3N5O5.C21H23F3N2O3.C12H17N3O3.ClH.Li/c1-45-31-22-27(6-11-30(31)41(43)44)37-26-12-16-40(17-13-26)32(42)14-15-38-18-20-39(21-19-38)28-7-9-29(10-8-28)46-23-24-2-4-25(5-3-24)33(34,35)36;22-21(23,24)17-3-1-16(2-4-17)15-29-19-7-5-18(6-8-19)26-13-11-25(12-14-26)10-9-20(27)28;1-18-12-8-10(2-3-11(12)15(16)17)14-9-4-6-13-7-5-9;;/h2-11,22,26,37H,12-21,23H2,1H3;1-8H,9-15H2,(H,27,28);2-3,8-9,13-14H,4-7H2,1H3;1H;/q;;;;+1/p-1. The fourth-order valence-electron chi connectivity index (χ4n) is 11.2. The number of piperidine rings is 2. The number of nitro groups is 2. The smallest absolute Gasteiger partial charge is 1.00 e. The summed E-state index contributed by atoms with van der Waals surface area (Å²) in [5.74, 6) is 0.925. The summed E-state index contributed by atoms with van der Waals surface area (Å²) in [5, 5.41) is 41.6. The maximum absolute atomic E-state index is 12.9. The normalized spacial score (nSPS) is 15.6. The summed E-state index contributed by atoms with van der Waals surface area (Å²) in [6.45, 7) is 11.7. The van der Waals surface area contributed by atoms with Gasteiger partial charge in [-0.1, -0.05) is 24.3 Å². The number of hydrogen-bond acceptors (Lipinski definition) is 17. The van der Waals surface area contributed by atoms with Gasteiger partial charge in [0.05, 0.1) is 48.3 Å². The number of quaternary nitrogens is 1. The summed E-state index contributed by atoms with van der Waals surface area (Å²) in [4.78, 5) is 55.4. The van der Waals surface area contributed by atoms with Crippen molar-refractivity contribution in [3.63, 3.8) is 0 Å². The quantitative estimate of drug-likeness (QED) is 0.0383. The molecule has 4 N–H and O–H groups in total. The molecule has 0 aromatic heterocycles. The molecule has 0 radical (unpaired) electrons. The van der Waals surface area contributed by atoms with Crippen LogP contribution in [0.25, 0.3) is 0 Å². The Hall–Kier alpha value is -8.19. The number of ether oxygens (including phenoxy) is 4. The molecule has 10 rings (SSSR count). The van der Waals surface area contributed by atoms with Crippen LogP contribution in [0.4, 0.5) is 60.5 Å². The number of rotatable bonds is 22. The van der Waals surface area contributed by atoms with Crippen LogP contribution < -0.4 is 81.1 Å². The average Bonchev–Trinajstić information content (AvgIpc) is 1.35. The van der Waals surface area contributed by atoms with Crippen molar-refractivity contribution in [2.45, 2.75) is 76.2 Å². The van der Waals surface area contributed by atoms with Crippen molar-refractivity contribution in [3.8, 4) is 23.0 Å². The van der Waals surface area contributed by atoms with Gasteiger partial charge >= 0.3 is 42.6 Å². The maximum Gasteiger partial charge on any atom is 1.00 e. The van der Waals surface area contributed by atoms with Gasteiger partial charge < -0.3 is 71.9 Å². The topological polar surface area (TPSA) is 237 Å². The molecular weight excluding hydrogens is 1270 g/mol. The number of amides is 1. The molecular formula is C66H78ClF6LiN10O11. The molecule has 4 aliphatic heterocycles. The molecule has 1 amide bonds. The molecule has 0 unspecified atom stereocenters. The van der Waals surface area contributed by atoms with Gasteiger partial charge in [-0.25, -0.2) is 0 Å². The molecule has 29 heteroatoms. The minimum atomic E-state index is -4.35. The van der Waals surface area contributed by atoms with Crippen molar-refractivity contribution in [2.75, 3.05) is 126 Å². The fraction of sp³-hybridized carbons (Fsp3) is 0.424. The second kappa shape index (κ2) is 36.6. The Morgan fingerprint density at radius 1 is 0.537 bits per heavy atom. The van der Waals surface area contributed by atoms with E-state index in [1.54, 1.807) is 24.3 Å². The first-order valence-corrected chi connectivity index (χ1v) is 30.8. The van der Waals surface area contributed by atoms with E-state index in [9.17, 15) is 61.3 Å². The van der Waals surface area contributed by atoms with E-state index in [1.807, 2.05) is 53.4 Å². The van der Waals surface area contributed by atoms with Crippen molar-refractivity contribution in [1.29, 1.82) is 0 Å².